The Morgan fingerprint density at radius 1 is 1.28 bits per heavy atom. The standard InChI is InChI=1S/C17H18ClN5O2/c18-12-3-4-15(21-9-12)22-17(25)11-2-1-7-23(10-11)13-5-6-20-14(8-13)16(19)24/h3-6,8-9,11H,1-2,7,10H2,(H2,19,24)(H,21,22,25). The van der Waals surface area contributed by atoms with Gasteiger partial charge in [-0.1, -0.05) is 11.6 Å². The largest absolute Gasteiger partial charge is 0.371 e. The summed E-state index contributed by atoms with van der Waals surface area (Å²) in [5.74, 6) is -0.339. The van der Waals surface area contributed by atoms with Crippen molar-refractivity contribution in [3.8, 4) is 0 Å². The van der Waals surface area contributed by atoms with Gasteiger partial charge in [0.25, 0.3) is 5.91 Å². The van der Waals surface area contributed by atoms with Crippen LogP contribution in [-0.2, 0) is 4.79 Å². The first-order valence-corrected chi connectivity index (χ1v) is 8.34. The number of carbonyl (C=O) groups excluding carboxylic acids is 2. The van der Waals surface area contributed by atoms with Gasteiger partial charge in [-0.25, -0.2) is 4.98 Å². The molecule has 0 saturated carbocycles. The Kier molecular flexibility index (Phi) is 5.14. The van der Waals surface area contributed by atoms with E-state index in [1.807, 2.05) is 6.07 Å². The van der Waals surface area contributed by atoms with E-state index in [0.717, 1.165) is 25.1 Å². The second-order valence-corrected chi connectivity index (χ2v) is 6.34. The molecule has 0 aliphatic carbocycles. The number of hydrogen-bond acceptors (Lipinski definition) is 5. The van der Waals surface area contributed by atoms with E-state index in [1.165, 1.54) is 6.20 Å². The van der Waals surface area contributed by atoms with E-state index < -0.39 is 5.91 Å². The number of halogens is 1. The number of amides is 2. The molecule has 130 valence electrons. The topological polar surface area (TPSA) is 101 Å². The van der Waals surface area contributed by atoms with Crippen LogP contribution in [0.1, 0.15) is 23.3 Å². The van der Waals surface area contributed by atoms with Crippen LogP contribution in [0.4, 0.5) is 11.5 Å². The van der Waals surface area contributed by atoms with Crippen LogP contribution in [0.3, 0.4) is 0 Å². The normalized spacial score (nSPS) is 17.2. The number of carbonyl (C=O) groups is 2. The third kappa shape index (κ3) is 4.24. The number of rotatable bonds is 4. The lowest BCUT2D eigenvalue weighted by atomic mass is 9.96. The highest BCUT2D eigenvalue weighted by atomic mass is 35.5. The Morgan fingerprint density at radius 3 is 2.84 bits per heavy atom. The van der Waals surface area contributed by atoms with Gasteiger partial charge < -0.3 is 16.0 Å². The molecule has 1 fully saturated rings. The minimum absolute atomic E-state index is 0.0799. The highest BCUT2D eigenvalue weighted by Gasteiger charge is 2.26. The lowest BCUT2D eigenvalue weighted by molar-refractivity contribution is -0.120. The summed E-state index contributed by atoms with van der Waals surface area (Å²) in [5.41, 5.74) is 6.34. The average Bonchev–Trinajstić information content (AvgIpc) is 2.64. The first-order chi connectivity index (χ1) is 12.0. The predicted molar refractivity (Wildman–Crippen MR) is 95.6 cm³/mol. The summed E-state index contributed by atoms with van der Waals surface area (Å²) in [6, 6.07) is 6.82. The maximum Gasteiger partial charge on any atom is 0.267 e. The summed E-state index contributed by atoms with van der Waals surface area (Å²) < 4.78 is 0. The van der Waals surface area contributed by atoms with Gasteiger partial charge in [0.2, 0.25) is 5.91 Å². The smallest absolute Gasteiger partial charge is 0.267 e. The molecule has 0 bridgehead atoms. The molecule has 1 atom stereocenters. The molecular formula is C17H18ClN5O2. The number of hydrogen-bond donors (Lipinski definition) is 2. The second-order valence-electron chi connectivity index (χ2n) is 5.90. The summed E-state index contributed by atoms with van der Waals surface area (Å²) in [6.07, 6.45) is 4.72. The van der Waals surface area contributed by atoms with Gasteiger partial charge in [0.15, 0.2) is 0 Å². The number of pyridine rings is 2. The number of nitrogens with two attached hydrogens (primary N) is 1. The maximum absolute atomic E-state index is 12.5. The molecule has 1 aliphatic heterocycles. The summed E-state index contributed by atoms with van der Waals surface area (Å²) in [4.78, 5) is 33.9. The van der Waals surface area contributed by atoms with Crippen molar-refractivity contribution in [2.24, 2.45) is 11.7 Å². The van der Waals surface area contributed by atoms with E-state index in [9.17, 15) is 9.59 Å². The van der Waals surface area contributed by atoms with Crippen LogP contribution in [0.5, 0.6) is 0 Å². The van der Waals surface area contributed by atoms with E-state index in [0.29, 0.717) is 17.4 Å². The first-order valence-electron chi connectivity index (χ1n) is 7.96. The predicted octanol–water partition coefficient (Wildman–Crippen LogP) is 2.08. The molecule has 1 aliphatic rings. The van der Waals surface area contributed by atoms with Crippen molar-refractivity contribution in [2.45, 2.75) is 12.8 Å². The van der Waals surface area contributed by atoms with Crippen LogP contribution in [0.15, 0.2) is 36.7 Å². The zero-order valence-corrected chi connectivity index (χ0v) is 14.2. The molecule has 1 unspecified atom stereocenters. The van der Waals surface area contributed by atoms with Crippen LogP contribution < -0.4 is 16.0 Å². The van der Waals surface area contributed by atoms with Crippen molar-refractivity contribution in [1.82, 2.24) is 9.97 Å². The second kappa shape index (κ2) is 7.48. The summed E-state index contributed by atoms with van der Waals surface area (Å²) in [7, 11) is 0. The summed E-state index contributed by atoms with van der Waals surface area (Å²) in [6.45, 7) is 1.37. The first kappa shape index (κ1) is 17.2. The highest BCUT2D eigenvalue weighted by Crippen LogP contribution is 2.24. The third-order valence-electron chi connectivity index (χ3n) is 4.13. The molecule has 25 heavy (non-hydrogen) atoms. The van der Waals surface area contributed by atoms with Crippen LogP contribution in [0.2, 0.25) is 5.02 Å². The Morgan fingerprint density at radius 2 is 2.12 bits per heavy atom. The molecule has 8 heteroatoms. The third-order valence-corrected chi connectivity index (χ3v) is 4.36. The number of piperidine rings is 1. The van der Waals surface area contributed by atoms with Gasteiger partial charge in [0, 0.05) is 31.2 Å². The quantitative estimate of drug-likeness (QED) is 0.870. The van der Waals surface area contributed by atoms with Gasteiger partial charge in [0.05, 0.1) is 10.9 Å². The number of anilines is 2. The molecule has 3 heterocycles. The molecule has 2 aromatic rings. The molecule has 0 radical (unpaired) electrons. The molecule has 7 nitrogen and oxygen atoms in total. The number of primary amides is 1. The van der Waals surface area contributed by atoms with Crippen molar-refractivity contribution in [2.75, 3.05) is 23.3 Å². The highest BCUT2D eigenvalue weighted by molar-refractivity contribution is 6.30. The Labute approximate surface area is 150 Å². The van der Waals surface area contributed by atoms with Gasteiger partial charge in [-0.05, 0) is 37.1 Å². The Hall–Kier alpha value is -2.67. The SMILES string of the molecule is NC(=O)c1cc(N2CCCC(C(=O)Nc3ccc(Cl)cn3)C2)ccn1. The number of nitrogens with zero attached hydrogens (tertiary/aromatic N) is 3. The molecule has 2 aromatic heterocycles. The van der Waals surface area contributed by atoms with E-state index >= 15 is 0 Å². The van der Waals surface area contributed by atoms with Gasteiger partial charge in [-0.15, -0.1) is 0 Å². The van der Waals surface area contributed by atoms with Crippen molar-refractivity contribution < 1.29 is 9.59 Å². The maximum atomic E-state index is 12.5. The zero-order chi connectivity index (χ0) is 17.8. The van der Waals surface area contributed by atoms with Crippen molar-refractivity contribution in [1.29, 1.82) is 0 Å². The van der Waals surface area contributed by atoms with E-state index in [4.69, 9.17) is 17.3 Å². The molecular weight excluding hydrogens is 342 g/mol. The molecule has 3 N–H and O–H groups in total. The van der Waals surface area contributed by atoms with Gasteiger partial charge in [-0.2, -0.15) is 0 Å². The van der Waals surface area contributed by atoms with E-state index in [2.05, 4.69) is 20.2 Å². The van der Waals surface area contributed by atoms with Crippen LogP contribution in [0.25, 0.3) is 0 Å². The fraction of sp³-hybridized carbons (Fsp3) is 0.294. The van der Waals surface area contributed by atoms with Gasteiger partial charge in [-0.3, -0.25) is 14.6 Å². The summed E-state index contributed by atoms with van der Waals surface area (Å²) in [5, 5.41) is 3.34. The average molecular weight is 360 g/mol. The fourth-order valence-electron chi connectivity index (χ4n) is 2.85. The minimum atomic E-state index is -0.568. The minimum Gasteiger partial charge on any atom is -0.371 e. The monoisotopic (exact) mass is 359 g/mol. The van der Waals surface area contributed by atoms with Gasteiger partial charge >= 0.3 is 0 Å². The molecule has 1 saturated heterocycles. The van der Waals surface area contributed by atoms with Crippen LogP contribution >= 0.6 is 11.6 Å². The van der Waals surface area contributed by atoms with E-state index in [-0.39, 0.29) is 17.5 Å². The van der Waals surface area contributed by atoms with Crippen LogP contribution in [0, 0.1) is 5.92 Å². The molecule has 0 aromatic carbocycles. The van der Waals surface area contributed by atoms with Crippen molar-refractivity contribution in [3.63, 3.8) is 0 Å². The van der Waals surface area contributed by atoms with Crippen molar-refractivity contribution in [3.05, 3.63) is 47.4 Å². The Bertz CT molecular complexity index is 781. The zero-order valence-electron chi connectivity index (χ0n) is 13.5. The lowest BCUT2D eigenvalue weighted by Gasteiger charge is -2.33. The summed E-state index contributed by atoms with van der Waals surface area (Å²) >= 11 is 5.80. The van der Waals surface area contributed by atoms with Crippen molar-refractivity contribution >= 4 is 34.9 Å². The molecule has 2 amide bonds. The molecule has 0 spiro atoms. The van der Waals surface area contributed by atoms with Crippen LogP contribution in [-0.4, -0.2) is 34.9 Å². The lowest BCUT2D eigenvalue weighted by Crippen LogP contribution is -2.41. The molecule has 3 rings (SSSR count). The fourth-order valence-corrected chi connectivity index (χ4v) is 2.97. The van der Waals surface area contributed by atoms with Gasteiger partial charge in [0.1, 0.15) is 11.5 Å². The Balaban J connectivity index is 1.68. The number of nitrogens with one attached hydrogen (secondary N) is 1. The van der Waals surface area contributed by atoms with E-state index in [1.54, 1.807) is 24.4 Å². The number of aromatic nitrogens is 2.